The maximum absolute atomic E-state index is 13.5. The Morgan fingerprint density at radius 2 is 2.05 bits per heavy atom. The molecular formula is C14H13ClFNO2. The number of ether oxygens (including phenoxy) is 1. The average molecular weight is 282 g/mol. The highest BCUT2D eigenvalue weighted by molar-refractivity contribution is 6.30. The van der Waals surface area contributed by atoms with Crippen LogP contribution in [0.3, 0.4) is 0 Å². The van der Waals surface area contributed by atoms with Crippen LogP contribution in [-0.2, 0) is 6.54 Å². The second-order valence-electron chi connectivity index (χ2n) is 3.97. The first-order valence-corrected chi connectivity index (χ1v) is 6.03. The first kappa shape index (κ1) is 13.5. The number of halogens is 2. The Balaban J connectivity index is 2.10. The van der Waals surface area contributed by atoms with Crippen molar-refractivity contribution in [3.63, 3.8) is 0 Å². The number of hydrogen-bond donors (Lipinski definition) is 2. The molecule has 0 unspecified atom stereocenters. The van der Waals surface area contributed by atoms with Crippen LogP contribution in [0.5, 0.6) is 11.5 Å². The van der Waals surface area contributed by atoms with Gasteiger partial charge < -0.3 is 15.2 Å². The minimum atomic E-state index is -0.430. The summed E-state index contributed by atoms with van der Waals surface area (Å²) in [4.78, 5) is 0. The molecule has 0 spiro atoms. The molecular weight excluding hydrogens is 269 g/mol. The summed E-state index contributed by atoms with van der Waals surface area (Å²) in [5.41, 5.74) is 0.981. The van der Waals surface area contributed by atoms with E-state index in [4.69, 9.17) is 16.3 Å². The van der Waals surface area contributed by atoms with E-state index in [1.165, 1.54) is 19.2 Å². The molecule has 2 aromatic carbocycles. The summed E-state index contributed by atoms with van der Waals surface area (Å²) in [6.45, 7) is 0.300. The van der Waals surface area contributed by atoms with Crippen molar-refractivity contribution in [1.82, 2.24) is 0 Å². The lowest BCUT2D eigenvalue weighted by atomic mass is 10.2. The zero-order chi connectivity index (χ0) is 13.8. The Labute approximate surface area is 115 Å². The Kier molecular flexibility index (Phi) is 4.12. The molecule has 0 bridgehead atoms. The molecule has 5 heteroatoms. The van der Waals surface area contributed by atoms with Crippen molar-refractivity contribution in [3.05, 3.63) is 52.8 Å². The number of hydrogen-bond acceptors (Lipinski definition) is 3. The highest BCUT2D eigenvalue weighted by Gasteiger charge is 2.06. The average Bonchev–Trinajstić information content (AvgIpc) is 2.39. The second kappa shape index (κ2) is 5.80. The van der Waals surface area contributed by atoms with Crippen LogP contribution in [0.25, 0.3) is 0 Å². The molecule has 3 nitrogen and oxygen atoms in total. The van der Waals surface area contributed by atoms with E-state index in [-0.39, 0.29) is 5.75 Å². The topological polar surface area (TPSA) is 41.5 Å². The zero-order valence-corrected chi connectivity index (χ0v) is 11.0. The highest BCUT2D eigenvalue weighted by atomic mass is 35.5. The van der Waals surface area contributed by atoms with Crippen molar-refractivity contribution in [1.29, 1.82) is 0 Å². The highest BCUT2D eigenvalue weighted by Crippen LogP contribution is 2.25. The Hall–Kier alpha value is -1.94. The number of anilines is 1. The largest absolute Gasteiger partial charge is 0.507 e. The number of methoxy groups -OCH3 is 1. The Morgan fingerprint density at radius 3 is 2.68 bits per heavy atom. The fourth-order valence-electron chi connectivity index (χ4n) is 1.64. The lowest BCUT2D eigenvalue weighted by molar-refractivity contribution is 0.406. The van der Waals surface area contributed by atoms with E-state index in [1.54, 1.807) is 24.3 Å². The summed E-state index contributed by atoms with van der Waals surface area (Å²) < 4.78 is 18.5. The third-order valence-electron chi connectivity index (χ3n) is 2.69. The van der Waals surface area contributed by atoms with Crippen LogP contribution in [0.4, 0.5) is 10.1 Å². The molecule has 0 atom stereocenters. The smallest absolute Gasteiger partial charge is 0.147 e. The van der Waals surface area contributed by atoms with E-state index in [2.05, 4.69) is 5.32 Å². The van der Waals surface area contributed by atoms with Crippen LogP contribution in [0.15, 0.2) is 36.4 Å². The zero-order valence-electron chi connectivity index (χ0n) is 10.3. The van der Waals surface area contributed by atoms with Gasteiger partial charge in [0.25, 0.3) is 0 Å². The summed E-state index contributed by atoms with van der Waals surface area (Å²) in [5.74, 6) is 0.237. The molecule has 0 fully saturated rings. The van der Waals surface area contributed by atoms with Gasteiger partial charge in [-0.05, 0) is 30.3 Å². The van der Waals surface area contributed by atoms with Crippen LogP contribution in [-0.4, -0.2) is 12.2 Å². The minimum Gasteiger partial charge on any atom is -0.507 e. The molecule has 0 heterocycles. The van der Waals surface area contributed by atoms with Crippen molar-refractivity contribution < 1.29 is 14.2 Å². The normalized spacial score (nSPS) is 10.3. The first-order chi connectivity index (χ1) is 9.10. The SMILES string of the molecule is COc1ccc(CNc2ccc(Cl)cc2F)c(O)c1. The van der Waals surface area contributed by atoms with Crippen molar-refractivity contribution in [2.24, 2.45) is 0 Å². The molecule has 0 aliphatic rings. The predicted octanol–water partition coefficient (Wildman–Crippen LogP) is 3.81. The van der Waals surface area contributed by atoms with E-state index in [0.717, 1.165) is 0 Å². The van der Waals surface area contributed by atoms with Gasteiger partial charge in [0, 0.05) is 23.2 Å². The first-order valence-electron chi connectivity index (χ1n) is 5.65. The molecule has 0 amide bonds. The van der Waals surface area contributed by atoms with E-state index in [9.17, 15) is 9.50 Å². The van der Waals surface area contributed by atoms with Crippen LogP contribution < -0.4 is 10.1 Å². The fraction of sp³-hybridized carbons (Fsp3) is 0.143. The number of rotatable bonds is 4. The number of phenols is 1. The standard InChI is InChI=1S/C14H13ClFNO2/c1-19-11-4-2-9(14(18)7-11)8-17-13-5-3-10(15)6-12(13)16/h2-7,17-18H,8H2,1H3. The van der Waals surface area contributed by atoms with Gasteiger partial charge in [-0.1, -0.05) is 11.6 Å². The number of aromatic hydroxyl groups is 1. The number of benzene rings is 2. The lowest BCUT2D eigenvalue weighted by Gasteiger charge is -2.10. The van der Waals surface area contributed by atoms with Crippen molar-refractivity contribution >= 4 is 17.3 Å². The molecule has 0 aromatic heterocycles. The number of nitrogens with one attached hydrogen (secondary N) is 1. The van der Waals surface area contributed by atoms with Crippen molar-refractivity contribution in [2.45, 2.75) is 6.54 Å². The molecule has 0 saturated carbocycles. The van der Waals surface area contributed by atoms with E-state index in [0.29, 0.717) is 28.6 Å². The van der Waals surface area contributed by atoms with Crippen LogP contribution in [0.1, 0.15) is 5.56 Å². The van der Waals surface area contributed by atoms with Gasteiger partial charge >= 0.3 is 0 Å². The monoisotopic (exact) mass is 281 g/mol. The van der Waals surface area contributed by atoms with Crippen LogP contribution >= 0.6 is 11.6 Å². The summed E-state index contributed by atoms with van der Waals surface area (Å²) in [7, 11) is 1.52. The maximum Gasteiger partial charge on any atom is 0.147 e. The summed E-state index contributed by atoms with van der Waals surface area (Å²) >= 11 is 5.67. The molecule has 2 rings (SSSR count). The van der Waals surface area contributed by atoms with E-state index in [1.807, 2.05) is 0 Å². The van der Waals surface area contributed by atoms with Gasteiger partial charge in [-0.2, -0.15) is 0 Å². The van der Waals surface area contributed by atoms with E-state index < -0.39 is 5.82 Å². The molecule has 0 aliphatic carbocycles. The Bertz CT molecular complexity index is 590. The maximum atomic E-state index is 13.5. The summed E-state index contributed by atoms with van der Waals surface area (Å²) in [6, 6.07) is 9.34. The van der Waals surface area contributed by atoms with Gasteiger partial charge in [0.2, 0.25) is 0 Å². The van der Waals surface area contributed by atoms with Crippen LogP contribution in [0, 0.1) is 5.82 Å². The quantitative estimate of drug-likeness (QED) is 0.895. The molecule has 0 aliphatic heterocycles. The van der Waals surface area contributed by atoms with Gasteiger partial charge in [-0.15, -0.1) is 0 Å². The molecule has 0 saturated heterocycles. The predicted molar refractivity (Wildman–Crippen MR) is 73.4 cm³/mol. The molecule has 0 radical (unpaired) electrons. The molecule has 100 valence electrons. The molecule has 2 aromatic rings. The van der Waals surface area contributed by atoms with E-state index >= 15 is 0 Å². The fourth-order valence-corrected chi connectivity index (χ4v) is 1.80. The summed E-state index contributed by atoms with van der Waals surface area (Å²) in [6.07, 6.45) is 0. The molecule has 19 heavy (non-hydrogen) atoms. The van der Waals surface area contributed by atoms with Gasteiger partial charge in [0.1, 0.15) is 17.3 Å². The third kappa shape index (κ3) is 3.29. The van der Waals surface area contributed by atoms with Crippen molar-refractivity contribution in [2.75, 3.05) is 12.4 Å². The lowest BCUT2D eigenvalue weighted by Crippen LogP contribution is -2.01. The number of phenolic OH excluding ortho intramolecular Hbond substituents is 1. The second-order valence-corrected chi connectivity index (χ2v) is 4.41. The van der Waals surface area contributed by atoms with Gasteiger partial charge in [-0.3, -0.25) is 0 Å². The minimum absolute atomic E-state index is 0.0984. The van der Waals surface area contributed by atoms with Crippen LogP contribution in [0.2, 0.25) is 5.02 Å². The molecule has 2 N–H and O–H groups in total. The van der Waals surface area contributed by atoms with Gasteiger partial charge in [0.15, 0.2) is 0 Å². The van der Waals surface area contributed by atoms with Gasteiger partial charge in [0.05, 0.1) is 12.8 Å². The summed E-state index contributed by atoms with van der Waals surface area (Å²) in [5, 5.41) is 13.0. The van der Waals surface area contributed by atoms with Gasteiger partial charge in [-0.25, -0.2) is 4.39 Å². The Morgan fingerprint density at radius 1 is 1.26 bits per heavy atom. The third-order valence-corrected chi connectivity index (χ3v) is 2.93. The van der Waals surface area contributed by atoms with Crippen molar-refractivity contribution in [3.8, 4) is 11.5 Å².